The predicted molar refractivity (Wildman–Crippen MR) is 196 cm³/mol. The smallest absolute Gasteiger partial charge is 0.870 e. The molecule has 56 heavy (non-hydrogen) atoms. The summed E-state index contributed by atoms with van der Waals surface area (Å²) in [6.07, 6.45) is 2.04. The fraction of sp³-hybridized carbons (Fsp3) is 0.286. The van der Waals surface area contributed by atoms with Gasteiger partial charge in [0.2, 0.25) is 0 Å². The summed E-state index contributed by atoms with van der Waals surface area (Å²) in [5, 5.41) is 27.6. The summed E-state index contributed by atoms with van der Waals surface area (Å²) in [6, 6.07) is 18.0. The Morgan fingerprint density at radius 3 is 1.20 bits per heavy atom. The van der Waals surface area contributed by atoms with Crippen molar-refractivity contribution < 1.29 is 81.9 Å². The summed E-state index contributed by atoms with van der Waals surface area (Å²) in [5.41, 5.74) is 3.94. The molecule has 8 rings (SSSR count). The van der Waals surface area contributed by atoms with Crippen molar-refractivity contribution in [2.45, 2.75) is 50.6 Å². The van der Waals surface area contributed by atoms with Gasteiger partial charge in [0, 0.05) is 52.1 Å². The van der Waals surface area contributed by atoms with Crippen LogP contribution >= 0.6 is 0 Å². The summed E-state index contributed by atoms with van der Waals surface area (Å²) >= 11 is 0. The molecule has 0 unspecified atom stereocenters. The quantitative estimate of drug-likeness (QED) is 0.175. The van der Waals surface area contributed by atoms with Gasteiger partial charge in [-0.1, -0.05) is 36.4 Å². The second-order valence-electron chi connectivity index (χ2n) is 14.1. The number of amides is 2. The number of carbonyl (C=O) groups excluding carboxylic acids is 2. The Labute approximate surface area is 343 Å². The minimum atomic E-state index is -0.934. The number of hydrogen-bond acceptors (Lipinski definition) is 7. The van der Waals surface area contributed by atoms with E-state index in [0.717, 1.165) is 35.4 Å². The number of carbonyl (C=O) groups is 2. The van der Waals surface area contributed by atoms with Crippen molar-refractivity contribution >= 4 is 23.0 Å². The van der Waals surface area contributed by atoms with E-state index in [0.29, 0.717) is 85.5 Å². The molecule has 4 heterocycles. The fourth-order valence-corrected chi connectivity index (χ4v) is 7.53. The molecule has 2 amide bonds. The van der Waals surface area contributed by atoms with Gasteiger partial charge in [0.1, 0.15) is 22.6 Å². The van der Waals surface area contributed by atoms with E-state index in [4.69, 9.17) is 9.47 Å². The van der Waals surface area contributed by atoms with Gasteiger partial charge in [-0.25, -0.2) is 17.6 Å². The van der Waals surface area contributed by atoms with Crippen LogP contribution in [0.4, 0.5) is 17.6 Å². The fourth-order valence-electron chi connectivity index (χ4n) is 7.53. The van der Waals surface area contributed by atoms with Crippen molar-refractivity contribution in [1.29, 1.82) is 0 Å². The van der Waals surface area contributed by atoms with Gasteiger partial charge >= 0.3 is 29.6 Å². The monoisotopic (exact) mass is 782 g/mol. The summed E-state index contributed by atoms with van der Waals surface area (Å²) < 4.78 is 64.4. The van der Waals surface area contributed by atoms with Gasteiger partial charge < -0.3 is 35.8 Å². The van der Waals surface area contributed by atoms with Crippen LogP contribution in [0.5, 0.6) is 0 Å². The van der Waals surface area contributed by atoms with E-state index in [-0.39, 0.29) is 69.5 Å². The van der Waals surface area contributed by atoms with Crippen LogP contribution in [0.25, 0.3) is 33.4 Å². The molecule has 4 aromatic rings. The molecule has 4 aliphatic heterocycles. The molecule has 288 valence electrons. The minimum Gasteiger partial charge on any atom is -0.870 e. The molecule has 5 N–H and O–H groups in total. The van der Waals surface area contributed by atoms with Crippen molar-refractivity contribution in [3.8, 4) is 22.3 Å². The first-order valence-corrected chi connectivity index (χ1v) is 17.6. The van der Waals surface area contributed by atoms with Crippen LogP contribution < -0.4 is 40.2 Å². The van der Waals surface area contributed by atoms with Crippen molar-refractivity contribution in [3.05, 3.63) is 130 Å². The second-order valence-corrected chi connectivity index (χ2v) is 14.1. The molecule has 9 nitrogen and oxygen atoms in total. The van der Waals surface area contributed by atoms with Gasteiger partial charge in [0.15, 0.2) is 23.3 Å². The maximum absolute atomic E-state index is 13.6. The first kappa shape index (κ1) is 42.6. The summed E-state index contributed by atoms with van der Waals surface area (Å²) in [7, 11) is 0. The molecule has 0 radical (unpaired) electrons. The Hall–Kier alpha value is -4.50. The standard InChI is InChI=1S/2C21H19F2NO3.Na.H2O/c2*1-12-2-3-13(14-4-5-16(22)17(23)11-14)10-15(12)18-19(25)21(24-20(18)26)6-8-27-9-7-21;;/h2*2-5,10-11,25H,6-9H2,1H3,(H,24,26);;1H2/q;;+1;/p-1. The number of halogens is 4. The molecule has 2 saturated heterocycles. The van der Waals surface area contributed by atoms with E-state index in [1.165, 1.54) is 12.1 Å². The van der Waals surface area contributed by atoms with Crippen LogP contribution in [0.3, 0.4) is 0 Å². The van der Waals surface area contributed by atoms with Crippen LogP contribution in [0, 0.1) is 37.1 Å². The number of hydrogen-bond donors (Lipinski definition) is 4. The zero-order valence-electron chi connectivity index (χ0n) is 31.1. The molecule has 4 aromatic carbocycles. The Bertz CT molecular complexity index is 2090. The van der Waals surface area contributed by atoms with E-state index >= 15 is 0 Å². The van der Waals surface area contributed by atoms with Gasteiger partial charge in [-0.3, -0.25) is 9.59 Å². The summed E-state index contributed by atoms with van der Waals surface area (Å²) in [4.78, 5) is 25.4. The number of benzene rings is 4. The van der Waals surface area contributed by atoms with Gasteiger partial charge in [0.25, 0.3) is 11.8 Å². The average Bonchev–Trinajstić information content (AvgIpc) is 3.53. The third-order valence-electron chi connectivity index (χ3n) is 10.8. The molecule has 0 bridgehead atoms. The number of aryl methyl sites for hydroxylation is 2. The third-order valence-corrected chi connectivity index (χ3v) is 10.8. The molecule has 2 fully saturated rings. The second kappa shape index (κ2) is 16.9. The molecule has 0 aliphatic carbocycles. The topological polar surface area (TPSA) is 147 Å². The number of aliphatic hydroxyl groups is 2. The summed E-state index contributed by atoms with van der Waals surface area (Å²) in [6.45, 7) is 5.54. The van der Waals surface area contributed by atoms with Crippen LogP contribution in [0.2, 0.25) is 0 Å². The van der Waals surface area contributed by atoms with E-state index in [1.807, 2.05) is 13.8 Å². The number of nitrogens with one attached hydrogen (secondary N) is 2. The predicted octanol–water partition coefficient (Wildman–Crippen LogP) is 4.60. The van der Waals surface area contributed by atoms with Crippen molar-refractivity contribution in [2.24, 2.45) is 0 Å². The zero-order chi connectivity index (χ0) is 38.4. The van der Waals surface area contributed by atoms with E-state index in [2.05, 4.69) is 10.6 Å². The molecule has 0 atom stereocenters. The van der Waals surface area contributed by atoms with Crippen LogP contribution in [-0.2, 0) is 19.1 Å². The molecule has 4 aliphatic rings. The first-order chi connectivity index (χ1) is 25.8. The van der Waals surface area contributed by atoms with Crippen molar-refractivity contribution in [1.82, 2.24) is 10.6 Å². The van der Waals surface area contributed by atoms with E-state index < -0.39 is 34.3 Å². The number of rotatable bonds is 4. The van der Waals surface area contributed by atoms with Crippen molar-refractivity contribution in [3.63, 3.8) is 0 Å². The maximum Gasteiger partial charge on any atom is 1.00 e. The molecular weight excluding hydrogens is 743 g/mol. The molecule has 14 heteroatoms. The Balaban J connectivity index is 0.000000207. The minimum absolute atomic E-state index is 0. The van der Waals surface area contributed by atoms with Crippen LogP contribution in [0.15, 0.2) is 84.3 Å². The van der Waals surface area contributed by atoms with E-state index in [9.17, 15) is 37.4 Å². The largest absolute Gasteiger partial charge is 1.00 e. The van der Waals surface area contributed by atoms with Crippen LogP contribution in [-0.4, -0.2) is 65.0 Å². The maximum atomic E-state index is 13.6. The molecular formula is C42H39F4N2NaO7. The normalized spacial score (nSPS) is 18.2. The van der Waals surface area contributed by atoms with E-state index in [1.54, 1.807) is 36.4 Å². The average molecular weight is 783 g/mol. The van der Waals surface area contributed by atoms with Crippen LogP contribution in [0.1, 0.15) is 47.9 Å². The molecule has 0 aromatic heterocycles. The van der Waals surface area contributed by atoms with Gasteiger partial charge in [0.05, 0.1) is 11.1 Å². The SMILES string of the molecule is Cc1ccc(-c2ccc(F)c(F)c2)cc1C1=C(O)C2(CCOCC2)NC1=O.Cc1ccc(-c2ccc(F)c(F)c2)cc1C1=C(O)C2(CCOCC2)NC1=O.[Na+].[OH-]. The zero-order valence-corrected chi connectivity index (χ0v) is 33.1. The Kier molecular flexibility index (Phi) is 12.9. The van der Waals surface area contributed by atoms with Gasteiger partial charge in [-0.2, -0.15) is 0 Å². The van der Waals surface area contributed by atoms with Crippen molar-refractivity contribution in [2.75, 3.05) is 26.4 Å². The third kappa shape index (κ3) is 7.89. The molecule has 2 spiro atoms. The Morgan fingerprint density at radius 2 is 0.857 bits per heavy atom. The number of ether oxygens (including phenoxy) is 2. The van der Waals surface area contributed by atoms with Gasteiger partial charge in [-0.15, -0.1) is 0 Å². The Morgan fingerprint density at radius 1 is 0.536 bits per heavy atom. The van der Waals surface area contributed by atoms with Gasteiger partial charge in [-0.05, 0) is 94.8 Å². The molecule has 0 saturated carbocycles. The first-order valence-electron chi connectivity index (χ1n) is 17.6. The number of aliphatic hydroxyl groups excluding tert-OH is 2. The summed E-state index contributed by atoms with van der Waals surface area (Å²) in [5.74, 6) is -4.30.